The Labute approximate surface area is 154 Å². The van der Waals surface area contributed by atoms with E-state index in [0.717, 1.165) is 41.9 Å². The lowest BCUT2D eigenvalue weighted by Crippen LogP contribution is -2.39. The lowest BCUT2D eigenvalue weighted by molar-refractivity contribution is 0.414. The summed E-state index contributed by atoms with van der Waals surface area (Å²) < 4.78 is 5.21. The van der Waals surface area contributed by atoms with E-state index in [4.69, 9.17) is 4.74 Å². The molecule has 0 aliphatic heterocycles. The Balaban J connectivity index is 1.81. The highest BCUT2D eigenvalue weighted by Crippen LogP contribution is 2.21. The molecule has 1 unspecified atom stereocenters. The van der Waals surface area contributed by atoms with Gasteiger partial charge >= 0.3 is 0 Å². The molecule has 0 fully saturated rings. The Kier molecular flexibility index (Phi) is 7.25. The molecule has 2 rings (SSSR count). The second-order valence-corrected chi connectivity index (χ2v) is 7.21. The van der Waals surface area contributed by atoms with Crippen molar-refractivity contribution in [2.75, 3.05) is 27.7 Å². The minimum absolute atomic E-state index is 0.475. The van der Waals surface area contributed by atoms with Crippen LogP contribution in [0.5, 0.6) is 5.75 Å². The quantitative estimate of drug-likeness (QED) is 0.605. The second kappa shape index (κ2) is 9.42. The number of ether oxygens (including phenoxy) is 1. The highest BCUT2D eigenvalue weighted by molar-refractivity contribution is 7.09. The zero-order valence-corrected chi connectivity index (χ0v) is 16.6. The first-order valence-electron chi connectivity index (χ1n) is 8.50. The number of benzene rings is 1. The SMILES string of the molecule is CN=C(NCCC(C)c1ccc(OC)cc1)N(C)Cc1csc(C)n1. The predicted octanol–water partition coefficient (Wildman–Crippen LogP) is 3.66. The molecule has 0 aliphatic rings. The topological polar surface area (TPSA) is 49.8 Å². The summed E-state index contributed by atoms with van der Waals surface area (Å²) in [6, 6.07) is 8.30. The van der Waals surface area contributed by atoms with Gasteiger partial charge in [-0.25, -0.2) is 4.98 Å². The van der Waals surface area contributed by atoms with Crippen LogP contribution >= 0.6 is 11.3 Å². The molecule has 1 aromatic carbocycles. The summed E-state index contributed by atoms with van der Waals surface area (Å²) in [4.78, 5) is 11.0. The Bertz CT molecular complexity index is 681. The number of aliphatic imine (C=N–C) groups is 1. The molecule has 1 N–H and O–H groups in total. The summed E-state index contributed by atoms with van der Waals surface area (Å²) in [6.07, 6.45) is 1.04. The fourth-order valence-corrected chi connectivity index (χ4v) is 3.29. The van der Waals surface area contributed by atoms with Crippen LogP contribution in [0.1, 0.15) is 35.5 Å². The van der Waals surface area contributed by atoms with Crippen LogP contribution in [0.2, 0.25) is 0 Å². The average Bonchev–Trinajstić information content (AvgIpc) is 3.03. The molecule has 0 saturated carbocycles. The first kappa shape index (κ1) is 19.2. The standard InChI is InChI=1S/C19H28N4OS/c1-14(16-6-8-18(24-5)9-7-16)10-11-21-19(20-3)23(4)12-17-13-25-15(2)22-17/h6-9,13-14H,10-12H2,1-5H3,(H,20,21). The number of hydrogen-bond donors (Lipinski definition) is 1. The van der Waals surface area contributed by atoms with Gasteiger partial charge in [0.25, 0.3) is 0 Å². The molecule has 1 atom stereocenters. The van der Waals surface area contributed by atoms with Crippen molar-refractivity contribution in [1.82, 2.24) is 15.2 Å². The molecule has 6 heteroatoms. The zero-order valence-electron chi connectivity index (χ0n) is 15.7. The molecule has 2 aromatic rings. The minimum atomic E-state index is 0.475. The maximum atomic E-state index is 5.21. The number of aryl methyl sites for hydroxylation is 1. The van der Waals surface area contributed by atoms with Crippen molar-refractivity contribution in [3.05, 3.63) is 45.9 Å². The normalized spacial score (nSPS) is 12.8. The monoisotopic (exact) mass is 360 g/mol. The van der Waals surface area contributed by atoms with Crippen LogP contribution in [0.3, 0.4) is 0 Å². The van der Waals surface area contributed by atoms with Crippen LogP contribution < -0.4 is 10.1 Å². The third-order valence-corrected chi connectivity index (χ3v) is 5.01. The van der Waals surface area contributed by atoms with Crippen LogP contribution in [0.4, 0.5) is 0 Å². The Morgan fingerprint density at radius 1 is 1.36 bits per heavy atom. The molecule has 0 amide bonds. The molecule has 5 nitrogen and oxygen atoms in total. The van der Waals surface area contributed by atoms with Crippen molar-refractivity contribution in [3.63, 3.8) is 0 Å². The average molecular weight is 361 g/mol. The number of aromatic nitrogens is 1. The number of thiazole rings is 1. The maximum Gasteiger partial charge on any atom is 0.193 e. The molecule has 136 valence electrons. The summed E-state index contributed by atoms with van der Waals surface area (Å²) >= 11 is 1.68. The van der Waals surface area contributed by atoms with Gasteiger partial charge in [-0.2, -0.15) is 0 Å². The van der Waals surface area contributed by atoms with Gasteiger partial charge in [-0.3, -0.25) is 4.99 Å². The van der Waals surface area contributed by atoms with Crippen LogP contribution in [0.15, 0.2) is 34.6 Å². The van der Waals surface area contributed by atoms with Gasteiger partial charge in [0.05, 0.1) is 24.4 Å². The number of rotatable bonds is 7. The number of methoxy groups -OCH3 is 1. The van der Waals surface area contributed by atoms with E-state index in [1.807, 2.05) is 33.2 Å². The Morgan fingerprint density at radius 2 is 2.08 bits per heavy atom. The van der Waals surface area contributed by atoms with Gasteiger partial charge in [0.1, 0.15) is 5.75 Å². The molecule has 0 radical (unpaired) electrons. The molecule has 0 saturated heterocycles. The first-order valence-corrected chi connectivity index (χ1v) is 9.38. The fourth-order valence-electron chi connectivity index (χ4n) is 2.68. The number of hydrogen-bond acceptors (Lipinski definition) is 4. The van der Waals surface area contributed by atoms with Gasteiger partial charge in [0.15, 0.2) is 5.96 Å². The van der Waals surface area contributed by atoms with Gasteiger partial charge in [-0.15, -0.1) is 11.3 Å². The third kappa shape index (κ3) is 5.74. The largest absolute Gasteiger partial charge is 0.497 e. The molecule has 0 spiro atoms. The third-order valence-electron chi connectivity index (χ3n) is 4.18. The molecule has 0 bridgehead atoms. The summed E-state index contributed by atoms with van der Waals surface area (Å²) in [5, 5.41) is 6.65. The van der Waals surface area contributed by atoms with E-state index in [1.54, 1.807) is 18.4 Å². The Hall–Kier alpha value is -2.08. The van der Waals surface area contributed by atoms with Crippen LogP contribution in [0, 0.1) is 6.92 Å². The van der Waals surface area contributed by atoms with Crippen molar-refractivity contribution in [2.45, 2.75) is 32.7 Å². The van der Waals surface area contributed by atoms with Gasteiger partial charge in [-0.1, -0.05) is 19.1 Å². The maximum absolute atomic E-state index is 5.21. The molecular formula is C19H28N4OS. The zero-order chi connectivity index (χ0) is 18.2. The van der Waals surface area contributed by atoms with Crippen LogP contribution in [-0.2, 0) is 6.54 Å². The van der Waals surface area contributed by atoms with Crippen LogP contribution in [0.25, 0.3) is 0 Å². The van der Waals surface area contributed by atoms with E-state index in [0.29, 0.717) is 5.92 Å². The summed E-state index contributed by atoms with van der Waals surface area (Å²) in [5.41, 5.74) is 2.41. The Morgan fingerprint density at radius 3 is 2.64 bits per heavy atom. The van der Waals surface area contributed by atoms with Gasteiger partial charge < -0.3 is 15.0 Å². The summed E-state index contributed by atoms with van der Waals surface area (Å²) in [6.45, 7) is 5.91. The second-order valence-electron chi connectivity index (χ2n) is 6.15. The lowest BCUT2D eigenvalue weighted by atomic mass is 9.98. The lowest BCUT2D eigenvalue weighted by Gasteiger charge is -2.22. The van der Waals surface area contributed by atoms with Crippen molar-refractivity contribution >= 4 is 17.3 Å². The van der Waals surface area contributed by atoms with Crippen molar-refractivity contribution in [2.24, 2.45) is 4.99 Å². The van der Waals surface area contributed by atoms with Crippen molar-refractivity contribution in [3.8, 4) is 5.75 Å². The summed E-state index contributed by atoms with van der Waals surface area (Å²) in [5.74, 6) is 2.27. The van der Waals surface area contributed by atoms with Gasteiger partial charge in [0.2, 0.25) is 0 Å². The number of nitrogens with zero attached hydrogens (tertiary/aromatic N) is 3. The van der Waals surface area contributed by atoms with Crippen molar-refractivity contribution < 1.29 is 4.74 Å². The molecule has 1 aromatic heterocycles. The van der Waals surface area contributed by atoms with Gasteiger partial charge in [-0.05, 0) is 37.0 Å². The molecular weight excluding hydrogens is 332 g/mol. The predicted molar refractivity (Wildman–Crippen MR) is 106 cm³/mol. The molecule has 25 heavy (non-hydrogen) atoms. The van der Waals surface area contributed by atoms with E-state index in [1.165, 1.54) is 5.56 Å². The minimum Gasteiger partial charge on any atom is -0.497 e. The van der Waals surface area contributed by atoms with E-state index in [9.17, 15) is 0 Å². The van der Waals surface area contributed by atoms with E-state index in [-0.39, 0.29) is 0 Å². The van der Waals surface area contributed by atoms with Crippen molar-refractivity contribution in [1.29, 1.82) is 0 Å². The van der Waals surface area contributed by atoms with E-state index >= 15 is 0 Å². The fraction of sp³-hybridized carbons (Fsp3) is 0.474. The number of nitrogens with one attached hydrogen (secondary N) is 1. The summed E-state index contributed by atoms with van der Waals surface area (Å²) in [7, 11) is 5.55. The van der Waals surface area contributed by atoms with E-state index < -0.39 is 0 Å². The number of guanidine groups is 1. The molecule has 1 heterocycles. The van der Waals surface area contributed by atoms with Crippen LogP contribution in [-0.4, -0.2) is 43.6 Å². The first-order chi connectivity index (χ1) is 12.0. The smallest absolute Gasteiger partial charge is 0.193 e. The molecule has 0 aliphatic carbocycles. The highest BCUT2D eigenvalue weighted by atomic mass is 32.1. The van der Waals surface area contributed by atoms with E-state index in [2.05, 4.69) is 44.6 Å². The highest BCUT2D eigenvalue weighted by Gasteiger charge is 2.10. The van der Waals surface area contributed by atoms with Gasteiger partial charge in [0, 0.05) is 26.0 Å².